The summed E-state index contributed by atoms with van der Waals surface area (Å²) in [6.45, 7) is 0. The second-order valence-corrected chi connectivity index (χ2v) is 13.7. The predicted molar refractivity (Wildman–Crippen MR) is 213 cm³/mol. The van der Waals surface area contributed by atoms with E-state index in [-0.39, 0.29) is 0 Å². The predicted octanol–water partition coefficient (Wildman–Crippen LogP) is 12.4. The Morgan fingerprint density at radius 3 is 1.52 bits per heavy atom. The van der Waals surface area contributed by atoms with Crippen molar-refractivity contribution < 1.29 is 4.42 Å². The first-order valence-corrected chi connectivity index (χ1v) is 18.0. The van der Waals surface area contributed by atoms with Gasteiger partial charge in [0.15, 0.2) is 17.5 Å². The number of benzene rings is 7. The molecule has 244 valence electrons. The van der Waals surface area contributed by atoms with E-state index in [4.69, 9.17) is 24.4 Å². The van der Waals surface area contributed by atoms with E-state index >= 15 is 0 Å². The Kier molecular flexibility index (Phi) is 7.25. The van der Waals surface area contributed by atoms with Gasteiger partial charge in [0.25, 0.3) is 0 Å². The van der Waals surface area contributed by atoms with Crippen LogP contribution in [0.5, 0.6) is 0 Å². The smallest absolute Gasteiger partial charge is 0.167 e. The largest absolute Gasteiger partial charge is 0.455 e. The maximum absolute atomic E-state index is 6.81. The Balaban J connectivity index is 1.05. The highest BCUT2D eigenvalue weighted by Gasteiger charge is 2.19. The minimum absolute atomic E-state index is 0.566. The zero-order chi connectivity index (χ0) is 34.4. The molecule has 6 heteroatoms. The summed E-state index contributed by atoms with van der Waals surface area (Å²) in [7, 11) is 0. The van der Waals surface area contributed by atoms with Crippen LogP contribution < -0.4 is 0 Å². The second-order valence-electron chi connectivity index (χ2n) is 12.6. The minimum Gasteiger partial charge on any atom is -0.455 e. The second kappa shape index (κ2) is 12.5. The average Bonchev–Trinajstić information content (AvgIpc) is 3.84. The molecular weight excluding hydrogens is 657 g/mol. The van der Waals surface area contributed by atoms with Crippen molar-refractivity contribution in [2.45, 2.75) is 0 Å². The summed E-state index contributed by atoms with van der Waals surface area (Å²) in [5.41, 5.74) is 10.8. The molecule has 0 atom stereocenters. The number of fused-ring (bicyclic) bond motifs is 4. The number of hydrogen-bond donors (Lipinski definition) is 0. The maximum atomic E-state index is 6.81. The quantitative estimate of drug-likeness (QED) is 0.174. The van der Waals surface area contributed by atoms with Gasteiger partial charge in [-0.2, -0.15) is 0 Å². The van der Waals surface area contributed by atoms with E-state index in [1.54, 1.807) is 11.3 Å². The Morgan fingerprint density at radius 1 is 0.365 bits per heavy atom. The highest BCUT2D eigenvalue weighted by atomic mass is 32.1. The SMILES string of the molecule is c1ccc(-c2nc(-c3ccccc3)nc(-c3cccc4c3oc3c(-c5ccc(-c6ccc7sc(-c8ccccc8)nc7c6)cc5)cccc34)n2)cc1. The molecule has 0 amide bonds. The van der Waals surface area contributed by atoms with E-state index < -0.39 is 0 Å². The number of rotatable bonds is 6. The molecule has 0 aliphatic rings. The van der Waals surface area contributed by atoms with Crippen molar-refractivity contribution in [3.63, 3.8) is 0 Å². The van der Waals surface area contributed by atoms with Crippen molar-refractivity contribution in [3.05, 3.63) is 170 Å². The zero-order valence-corrected chi connectivity index (χ0v) is 28.6. The molecule has 0 aliphatic heterocycles. The molecule has 3 aromatic heterocycles. The normalized spacial score (nSPS) is 11.5. The number of para-hydroxylation sites is 2. The van der Waals surface area contributed by atoms with Gasteiger partial charge in [-0.05, 0) is 34.9 Å². The zero-order valence-electron chi connectivity index (χ0n) is 27.8. The Morgan fingerprint density at radius 2 is 0.885 bits per heavy atom. The molecule has 0 N–H and O–H groups in total. The summed E-state index contributed by atoms with van der Waals surface area (Å²) < 4.78 is 7.99. The van der Waals surface area contributed by atoms with E-state index in [1.807, 2.05) is 78.9 Å². The van der Waals surface area contributed by atoms with Crippen LogP contribution >= 0.6 is 11.3 Å². The molecule has 5 nitrogen and oxygen atoms in total. The van der Waals surface area contributed by atoms with Gasteiger partial charge < -0.3 is 4.42 Å². The molecule has 3 heterocycles. The summed E-state index contributed by atoms with van der Waals surface area (Å²) >= 11 is 1.72. The van der Waals surface area contributed by atoms with Crippen LogP contribution in [0.2, 0.25) is 0 Å². The molecular formula is C46H28N4OS. The standard InChI is InChI=1S/C46H28N4OS/c1-4-12-31(13-5-1)43-48-44(32-14-6-2-7-15-32)50-45(49-43)38-21-11-20-37-36-19-10-18-35(41(36)51-42(37)38)30-24-22-29(23-25-30)34-26-27-40-39(28-34)47-46(52-40)33-16-8-3-9-17-33/h1-28H. The van der Waals surface area contributed by atoms with Crippen molar-refractivity contribution in [2.75, 3.05) is 0 Å². The van der Waals surface area contributed by atoms with Gasteiger partial charge >= 0.3 is 0 Å². The third kappa shape index (κ3) is 5.34. The van der Waals surface area contributed by atoms with Gasteiger partial charge in [-0.3, -0.25) is 0 Å². The molecule has 10 rings (SSSR count). The van der Waals surface area contributed by atoms with Crippen molar-refractivity contribution in [2.24, 2.45) is 0 Å². The van der Waals surface area contributed by atoms with E-state index in [2.05, 4.69) is 91.0 Å². The Hall–Kier alpha value is -6.76. The first kappa shape index (κ1) is 30.1. The van der Waals surface area contributed by atoms with Crippen molar-refractivity contribution in [1.82, 2.24) is 19.9 Å². The van der Waals surface area contributed by atoms with E-state index in [0.29, 0.717) is 17.5 Å². The molecule has 0 saturated heterocycles. The maximum Gasteiger partial charge on any atom is 0.167 e. The first-order valence-electron chi connectivity index (χ1n) is 17.1. The van der Waals surface area contributed by atoms with Gasteiger partial charge in [-0.25, -0.2) is 19.9 Å². The molecule has 52 heavy (non-hydrogen) atoms. The van der Waals surface area contributed by atoms with Crippen molar-refractivity contribution in [3.8, 4) is 67.0 Å². The molecule has 7 aromatic carbocycles. The summed E-state index contributed by atoms with van der Waals surface area (Å²) in [6.07, 6.45) is 0. The number of aromatic nitrogens is 4. The lowest BCUT2D eigenvalue weighted by molar-refractivity contribution is 0.670. The van der Waals surface area contributed by atoms with Crippen LogP contribution in [0.15, 0.2) is 174 Å². The number of thiazole rings is 1. The van der Waals surface area contributed by atoms with E-state index in [1.165, 1.54) is 4.70 Å². The van der Waals surface area contributed by atoms with Crippen LogP contribution in [0.4, 0.5) is 0 Å². The first-order chi connectivity index (χ1) is 25.7. The molecule has 0 radical (unpaired) electrons. The van der Waals surface area contributed by atoms with E-state index in [9.17, 15) is 0 Å². The number of hydrogen-bond acceptors (Lipinski definition) is 6. The Bertz CT molecular complexity index is 2830. The summed E-state index contributed by atoms with van der Waals surface area (Å²) in [5.74, 6) is 1.80. The van der Waals surface area contributed by atoms with Crippen LogP contribution in [0.25, 0.3) is 99.1 Å². The van der Waals surface area contributed by atoms with Gasteiger partial charge in [0.1, 0.15) is 16.2 Å². The molecule has 0 spiro atoms. The molecule has 0 aliphatic carbocycles. The van der Waals surface area contributed by atoms with Gasteiger partial charge in [0, 0.05) is 33.0 Å². The summed E-state index contributed by atoms with van der Waals surface area (Å²) in [6, 6.07) is 58.1. The molecule has 0 unspecified atom stereocenters. The molecule has 0 fully saturated rings. The monoisotopic (exact) mass is 684 g/mol. The fourth-order valence-electron chi connectivity index (χ4n) is 6.81. The highest BCUT2D eigenvalue weighted by molar-refractivity contribution is 7.21. The average molecular weight is 685 g/mol. The van der Waals surface area contributed by atoms with Gasteiger partial charge in [-0.1, -0.05) is 152 Å². The lowest BCUT2D eigenvalue weighted by Crippen LogP contribution is -2.00. The topological polar surface area (TPSA) is 64.7 Å². The fraction of sp³-hybridized carbons (Fsp3) is 0. The third-order valence-corrected chi connectivity index (χ3v) is 10.5. The lowest BCUT2D eigenvalue weighted by Gasteiger charge is -2.08. The van der Waals surface area contributed by atoms with Crippen LogP contribution in [-0.4, -0.2) is 19.9 Å². The van der Waals surface area contributed by atoms with Crippen molar-refractivity contribution >= 4 is 43.5 Å². The summed E-state index contributed by atoms with van der Waals surface area (Å²) in [4.78, 5) is 19.8. The third-order valence-electron chi connectivity index (χ3n) is 9.40. The van der Waals surface area contributed by atoms with Crippen molar-refractivity contribution in [1.29, 1.82) is 0 Å². The minimum atomic E-state index is 0.566. The molecule has 10 aromatic rings. The lowest BCUT2D eigenvalue weighted by atomic mass is 9.98. The van der Waals surface area contributed by atoms with Gasteiger partial charge in [0.2, 0.25) is 0 Å². The van der Waals surface area contributed by atoms with Gasteiger partial charge in [-0.15, -0.1) is 11.3 Å². The highest BCUT2D eigenvalue weighted by Crippen LogP contribution is 2.40. The van der Waals surface area contributed by atoms with Crippen LogP contribution in [-0.2, 0) is 0 Å². The van der Waals surface area contributed by atoms with Crippen LogP contribution in [0, 0.1) is 0 Å². The molecule has 0 saturated carbocycles. The van der Waals surface area contributed by atoms with E-state index in [0.717, 1.165) is 77.0 Å². The Labute approximate surface area is 303 Å². The fourth-order valence-corrected chi connectivity index (χ4v) is 7.76. The molecule has 0 bridgehead atoms. The van der Waals surface area contributed by atoms with Crippen LogP contribution in [0.3, 0.4) is 0 Å². The number of furan rings is 1. The number of nitrogens with zero attached hydrogens (tertiary/aromatic N) is 4. The van der Waals surface area contributed by atoms with Crippen LogP contribution in [0.1, 0.15) is 0 Å². The van der Waals surface area contributed by atoms with Gasteiger partial charge in [0.05, 0.1) is 15.8 Å². The summed E-state index contributed by atoms with van der Waals surface area (Å²) in [5, 5.41) is 3.09.